The number of azide groups is 1. The maximum atomic E-state index is 8.79. The van der Waals surface area contributed by atoms with Gasteiger partial charge in [-0.1, -0.05) is 5.11 Å². The number of nitrogens with zero attached hydrogens (tertiary/aromatic N) is 5. The molecule has 0 saturated heterocycles. The Morgan fingerprint density at radius 1 is 1.69 bits per heavy atom. The molecule has 13 heavy (non-hydrogen) atoms. The van der Waals surface area contributed by atoms with Gasteiger partial charge in [0.05, 0.1) is 12.6 Å². The van der Waals surface area contributed by atoms with Crippen molar-refractivity contribution in [2.24, 2.45) is 5.11 Å². The summed E-state index contributed by atoms with van der Waals surface area (Å²) in [5.41, 5.74) is 8.15. The molecule has 0 spiro atoms. The SMILES string of the molecule is [N-]=[N+]=NC(CO)CCn1cccn1. The van der Waals surface area contributed by atoms with Gasteiger partial charge in [0, 0.05) is 23.9 Å². The lowest BCUT2D eigenvalue weighted by molar-refractivity contribution is 0.255. The van der Waals surface area contributed by atoms with Crippen LogP contribution in [-0.4, -0.2) is 27.5 Å². The fraction of sp³-hybridized carbons (Fsp3) is 0.571. The first kappa shape index (κ1) is 9.57. The van der Waals surface area contributed by atoms with Gasteiger partial charge in [-0.2, -0.15) is 5.10 Å². The van der Waals surface area contributed by atoms with Crippen LogP contribution in [0.15, 0.2) is 23.6 Å². The van der Waals surface area contributed by atoms with Crippen LogP contribution >= 0.6 is 0 Å². The standard InChI is InChI=1S/C7H11N5O/c8-11-10-7(6-13)2-5-12-4-1-3-9-12/h1,3-4,7,13H,2,5-6H2. The van der Waals surface area contributed by atoms with E-state index in [2.05, 4.69) is 15.1 Å². The lowest BCUT2D eigenvalue weighted by Crippen LogP contribution is -2.13. The third-order valence-electron chi connectivity index (χ3n) is 1.68. The highest BCUT2D eigenvalue weighted by molar-refractivity contribution is 4.78. The van der Waals surface area contributed by atoms with Crippen LogP contribution in [0.3, 0.4) is 0 Å². The number of rotatable bonds is 5. The van der Waals surface area contributed by atoms with Crippen LogP contribution in [0.5, 0.6) is 0 Å². The van der Waals surface area contributed by atoms with Gasteiger partial charge in [0.25, 0.3) is 0 Å². The third-order valence-corrected chi connectivity index (χ3v) is 1.68. The normalized spacial score (nSPS) is 12.1. The molecule has 1 aromatic heterocycles. The predicted octanol–water partition coefficient (Wildman–Crippen LogP) is 0.944. The van der Waals surface area contributed by atoms with E-state index in [1.54, 1.807) is 10.9 Å². The highest BCUT2D eigenvalue weighted by Gasteiger charge is 2.03. The van der Waals surface area contributed by atoms with Gasteiger partial charge in [-0.05, 0) is 18.0 Å². The van der Waals surface area contributed by atoms with E-state index in [1.165, 1.54) is 0 Å². The molecule has 0 bridgehead atoms. The van der Waals surface area contributed by atoms with Crippen molar-refractivity contribution in [3.05, 3.63) is 28.9 Å². The van der Waals surface area contributed by atoms with Crippen LogP contribution < -0.4 is 0 Å². The zero-order valence-electron chi connectivity index (χ0n) is 7.11. The average molecular weight is 181 g/mol. The van der Waals surface area contributed by atoms with E-state index in [4.69, 9.17) is 10.6 Å². The van der Waals surface area contributed by atoms with E-state index >= 15 is 0 Å². The number of aromatic nitrogens is 2. The third kappa shape index (κ3) is 3.14. The Hall–Kier alpha value is -1.52. The molecule has 1 aromatic rings. The summed E-state index contributed by atoms with van der Waals surface area (Å²) in [6, 6.07) is 1.47. The Labute approximate surface area is 75.4 Å². The molecular formula is C7H11N5O. The molecule has 70 valence electrons. The molecule has 1 unspecified atom stereocenters. The fourth-order valence-corrected chi connectivity index (χ4v) is 0.973. The Kier molecular flexibility index (Phi) is 3.81. The first-order valence-electron chi connectivity index (χ1n) is 3.99. The van der Waals surface area contributed by atoms with Crippen LogP contribution in [-0.2, 0) is 6.54 Å². The molecular weight excluding hydrogens is 170 g/mol. The van der Waals surface area contributed by atoms with Crippen molar-refractivity contribution in [3.8, 4) is 0 Å². The first-order chi connectivity index (χ1) is 6.36. The van der Waals surface area contributed by atoms with Gasteiger partial charge in [-0.15, -0.1) is 0 Å². The summed E-state index contributed by atoms with van der Waals surface area (Å²) in [4.78, 5) is 2.64. The second-order valence-corrected chi connectivity index (χ2v) is 2.60. The zero-order valence-corrected chi connectivity index (χ0v) is 7.11. The van der Waals surface area contributed by atoms with E-state index in [9.17, 15) is 0 Å². The van der Waals surface area contributed by atoms with E-state index in [0.29, 0.717) is 13.0 Å². The van der Waals surface area contributed by atoms with E-state index in [1.807, 2.05) is 12.3 Å². The molecule has 0 aromatic carbocycles. The Morgan fingerprint density at radius 2 is 2.54 bits per heavy atom. The zero-order chi connectivity index (χ0) is 9.52. The van der Waals surface area contributed by atoms with Crippen molar-refractivity contribution < 1.29 is 5.11 Å². The van der Waals surface area contributed by atoms with Crippen molar-refractivity contribution in [1.82, 2.24) is 9.78 Å². The number of hydrogen-bond acceptors (Lipinski definition) is 3. The van der Waals surface area contributed by atoms with Crippen LogP contribution in [0.4, 0.5) is 0 Å². The smallest absolute Gasteiger partial charge is 0.0622 e. The van der Waals surface area contributed by atoms with Crippen LogP contribution in [0.2, 0.25) is 0 Å². The van der Waals surface area contributed by atoms with Crippen LogP contribution in [0.1, 0.15) is 6.42 Å². The molecule has 6 heteroatoms. The molecule has 0 aliphatic carbocycles. The average Bonchev–Trinajstić information content (AvgIpc) is 2.64. The Balaban J connectivity index is 2.36. The monoisotopic (exact) mass is 181 g/mol. The second kappa shape index (κ2) is 5.18. The highest BCUT2D eigenvalue weighted by atomic mass is 16.3. The summed E-state index contributed by atoms with van der Waals surface area (Å²) in [7, 11) is 0. The fourth-order valence-electron chi connectivity index (χ4n) is 0.973. The van der Waals surface area contributed by atoms with E-state index < -0.39 is 0 Å². The Morgan fingerprint density at radius 3 is 3.08 bits per heavy atom. The van der Waals surface area contributed by atoms with Crippen molar-refractivity contribution in [2.45, 2.75) is 19.0 Å². The molecule has 6 nitrogen and oxygen atoms in total. The molecule has 0 aliphatic heterocycles. The topological polar surface area (TPSA) is 86.8 Å². The summed E-state index contributed by atoms with van der Waals surface area (Å²) in [5, 5.41) is 16.2. The summed E-state index contributed by atoms with van der Waals surface area (Å²) in [6.45, 7) is 0.530. The molecule has 1 N–H and O–H groups in total. The van der Waals surface area contributed by atoms with E-state index in [0.717, 1.165) is 0 Å². The van der Waals surface area contributed by atoms with Crippen LogP contribution in [0.25, 0.3) is 10.4 Å². The summed E-state index contributed by atoms with van der Waals surface area (Å²) >= 11 is 0. The molecule has 0 saturated carbocycles. The minimum atomic E-state index is -0.353. The number of hydrogen-bond donors (Lipinski definition) is 1. The minimum Gasteiger partial charge on any atom is -0.396 e. The number of aliphatic hydroxyl groups is 1. The van der Waals surface area contributed by atoms with Gasteiger partial charge in [0.15, 0.2) is 0 Å². The van der Waals surface area contributed by atoms with E-state index in [-0.39, 0.29) is 12.6 Å². The number of aryl methyl sites for hydroxylation is 1. The lowest BCUT2D eigenvalue weighted by Gasteiger charge is -2.06. The Bertz CT molecular complexity index is 277. The molecule has 0 radical (unpaired) electrons. The predicted molar refractivity (Wildman–Crippen MR) is 46.9 cm³/mol. The quantitative estimate of drug-likeness (QED) is 0.416. The summed E-state index contributed by atoms with van der Waals surface area (Å²) in [5.74, 6) is 0. The largest absolute Gasteiger partial charge is 0.396 e. The van der Waals surface area contributed by atoms with Gasteiger partial charge in [0.1, 0.15) is 0 Å². The van der Waals surface area contributed by atoms with Gasteiger partial charge in [-0.3, -0.25) is 4.68 Å². The van der Waals surface area contributed by atoms with Gasteiger partial charge in [0.2, 0.25) is 0 Å². The summed E-state index contributed by atoms with van der Waals surface area (Å²) < 4.78 is 1.73. The van der Waals surface area contributed by atoms with Crippen molar-refractivity contribution in [2.75, 3.05) is 6.61 Å². The second-order valence-electron chi connectivity index (χ2n) is 2.60. The molecule has 0 fully saturated rings. The summed E-state index contributed by atoms with van der Waals surface area (Å²) in [6.07, 6.45) is 4.11. The lowest BCUT2D eigenvalue weighted by atomic mass is 10.2. The van der Waals surface area contributed by atoms with Crippen molar-refractivity contribution >= 4 is 0 Å². The molecule has 1 heterocycles. The number of aliphatic hydroxyl groups excluding tert-OH is 1. The molecule has 0 aliphatic rings. The first-order valence-corrected chi connectivity index (χ1v) is 3.99. The molecule has 1 atom stereocenters. The maximum absolute atomic E-state index is 8.79. The highest BCUT2D eigenvalue weighted by Crippen LogP contribution is 1.99. The van der Waals surface area contributed by atoms with Crippen LogP contribution in [0, 0.1) is 0 Å². The van der Waals surface area contributed by atoms with Crippen molar-refractivity contribution in [3.63, 3.8) is 0 Å². The van der Waals surface area contributed by atoms with Crippen molar-refractivity contribution in [1.29, 1.82) is 0 Å². The van der Waals surface area contributed by atoms with Gasteiger partial charge >= 0.3 is 0 Å². The molecule has 1 rings (SSSR count). The maximum Gasteiger partial charge on any atom is 0.0622 e. The van der Waals surface area contributed by atoms with Gasteiger partial charge in [-0.25, -0.2) is 0 Å². The molecule has 0 amide bonds. The minimum absolute atomic E-state index is 0.120. The van der Waals surface area contributed by atoms with Gasteiger partial charge < -0.3 is 5.11 Å².